The van der Waals surface area contributed by atoms with Crippen molar-refractivity contribution in [3.63, 3.8) is 0 Å². The van der Waals surface area contributed by atoms with Crippen molar-refractivity contribution in [2.45, 2.75) is 27.2 Å². The van der Waals surface area contributed by atoms with E-state index >= 15 is 0 Å². The van der Waals surface area contributed by atoms with Crippen LogP contribution in [0.2, 0.25) is 0 Å². The number of ketones is 1. The van der Waals surface area contributed by atoms with Crippen LogP contribution in [0.25, 0.3) is 0 Å². The molecule has 0 unspecified atom stereocenters. The molecule has 1 aromatic carbocycles. The minimum atomic E-state index is -0.371. The second kappa shape index (κ2) is 4.98. The van der Waals surface area contributed by atoms with Gasteiger partial charge in [-0.2, -0.15) is 0 Å². The van der Waals surface area contributed by atoms with Crippen molar-refractivity contribution >= 4 is 17.1 Å². The number of benzene rings is 1. The molecule has 0 radical (unpaired) electrons. The number of hydrogen-bond acceptors (Lipinski definition) is 3. The molecule has 2 nitrogen and oxygen atoms in total. The quantitative estimate of drug-likeness (QED) is 0.791. The fourth-order valence-corrected chi connectivity index (χ4v) is 2.68. The zero-order valence-corrected chi connectivity index (χ0v) is 11.4. The number of carbonyl (C=O) groups excluding carboxylic acids is 1. The zero-order valence-electron chi connectivity index (χ0n) is 10.6. The van der Waals surface area contributed by atoms with Gasteiger partial charge in [-0.05, 0) is 44.5 Å². The number of halogens is 1. The van der Waals surface area contributed by atoms with E-state index in [2.05, 4.69) is 4.98 Å². The molecule has 0 bridgehead atoms. The summed E-state index contributed by atoms with van der Waals surface area (Å²) >= 11 is 1.52. The summed E-state index contributed by atoms with van der Waals surface area (Å²) in [6.45, 7) is 5.68. The third-order valence-corrected chi connectivity index (χ3v) is 3.82. The fraction of sp³-hybridized carbons (Fsp3) is 0.286. The lowest BCUT2D eigenvalue weighted by atomic mass is 10.1. The lowest BCUT2D eigenvalue weighted by Gasteiger charge is -2.01. The van der Waals surface area contributed by atoms with Gasteiger partial charge >= 0.3 is 0 Å². The maximum Gasteiger partial charge on any atom is 0.169 e. The third-order valence-electron chi connectivity index (χ3n) is 2.75. The lowest BCUT2D eigenvalue weighted by molar-refractivity contribution is 0.0992. The van der Waals surface area contributed by atoms with Crippen LogP contribution in [-0.2, 0) is 6.42 Å². The summed E-state index contributed by atoms with van der Waals surface area (Å²) in [4.78, 5) is 17.5. The van der Waals surface area contributed by atoms with Gasteiger partial charge in [-0.15, -0.1) is 11.3 Å². The van der Waals surface area contributed by atoms with E-state index < -0.39 is 0 Å². The molecule has 1 heterocycles. The summed E-state index contributed by atoms with van der Waals surface area (Å²) in [6, 6.07) is 4.40. The van der Waals surface area contributed by atoms with E-state index in [-0.39, 0.29) is 18.0 Å². The highest BCUT2D eigenvalue weighted by Crippen LogP contribution is 2.19. The Balaban J connectivity index is 2.21. The molecular formula is C14H14FNOS. The van der Waals surface area contributed by atoms with Crippen molar-refractivity contribution in [2.75, 3.05) is 0 Å². The van der Waals surface area contributed by atoms with Crippen molar-refractivity contribution in [1.82, 2.24) is 4.98 Å². The average molecular weight is 263 g/mol. The zero-order chi connectivity index (χ0) is 13.3. The highest BCUT2D eigenvalue weighted by molar-refractivity contribution is 7.11. The van der Waals surface area contributed by atoms with Gasteiger partial charge in [0, 0.05) is 10.4 Å². The van der Waals surface area contributed by atoms with E-state index in [1.165, 1.54) is 23.5 Å². The normalized spacial score (nSPS) is 10.7. The van der Waals surface area contributed by atoms with Crippen molar-refractivity contribution in [3.8, 4) is 0 Å². The van der Waals surface area contributed by atoms with Gasteiger partial charge in [0.2, 0.25) is 0 Å². The van der Waals surface area contributed by atoms with Gasteiger partial charge in [-0.25, -0.2) is 9.37 Å². The van der Waals surface area contributed by atoms with Gasteiger partial charge in [0.05, 0.1) is 12.1 Å². The Labute approximate surface area is 110 Å². The minimum Gasteiger partial charge on any atom is -0.294 e. The van der Waals surface area contributed by atoms with Crippen molar-refractivity contribution in [1.29, 1.82) is 0 Å². The summed E-state index contributed by atoms with van der Waals surface area (Å²) in [7, 11) is 0. The first-order valence-electron chi connectivity index (χ1n) is 5.69. The minimum absolute atomic E-state index is 0.0913. The summed E-state index contributed by atoms with van der Waals surface area (Å²) in [5.41, 5.74) is 2.13. The van der Waals surface area contributed by atoms with Crippen molar-refractivity contribution in [3.05, 3.63) is 50.7 Å². The molecule has 0 atom stereocenters. The van der Waals surface area contributed by atoms with Crippen LogP contribution in [0, 0.1) is 26.6 Å². The molecule has 1 aromatic heterocycles. The average Bonchev–Trinajstić information content (AvgIpc) is 2.56. The number of rotatable bonds is 3. The largest absolute Gasteiger partial charge is 0.294 e. The van der Waals surface area contributed by atoms with Crippen LogP contribution >= 0.6 is 11.3 Å². The highest BCUT2D eigenvalue weighted by atomic mass is 32.1. The van der Waals surface area contributed by atoms with Gasteiger partial charge in [-0.1, -0.05) is 0 Å². The molecule has 0 saturated heterocycles. The Morgan fingerprint density at radius 3 is 2.56 bits per heavy atom. The molecule has 0 amide bonds. The Bertz CT molecular complexity index is 564. The smallest absolute Gasteiger partial charge is 0.169 e. The summed E-state index contributed by atoms with van der Waals surface area (Å²) in [6.07, 6.45) is 0.238. The molecule has 0 saturated carbocycles. The molecule has 0 spiro atoms. The number of nitrogens with zero attached hydrogens (tertiary/aromatic N) is 1. The number of aromatic nitrogens is 1. The van der Waals surface area contributed by atoms with Crippen LogP contribution in [0.1, 0.15) is 31.5 Å². The lowest BCUT2D eigenvalue weighted by Crippen LogP contribution is -2.04. The van der Waals surface area contributed by atoms with Crippen LogP contribution in [0.3, 0.4) is 0 Å². The van der Waals surface area contributed by atoms with Crippen LogP contribution in [0.5, 0.6) is 0 Å². The van der Waals surface area contributed by atoms with E-state index in [1.54, 1.807) is 13.0 Å². The molecule has 0 aliphatic heterocycles. The highest BCUT2D eigenvalue weighted by Gasteiger charge is 2.12. The van der Waals surface area contributed by atoms with Crippen LogP contribution in [-0.4, -0.2) is 10.8 Å². The SMILES string of the molecule is Cc1cc(F)cc(C(=O)Cc2nc(C)c(C)s2)c1. The van der Waals surface area contributed by atoms with Crippen LogP contribution in [0.4, 0.5) is 4.39 Å². The number of hydrogen-bond donors (Lipinski definition) is 0. The van der Waals surface area contributed by atoms with Gasteiger partial charge in [-0.3, -0.25) is 4.79 Å². The Hall–Kier alpha value is -1.55. The van der Waals surface area contributed by atoms with E-state index in [9.17, 15) is 9.18 Å². The van der Waals surface area contributed by atoms with E-state index in [0.717, 1.165) is 21.1 Å². The van der Waals surface area contributed by atoms with Gasteiger partial charge in [0.25, 0.3) is 0 Å². The molecule has 18 heavy (non-hydrogen) atoms. The molecule has 4 heteroatoms. The fourth-order valence-electron chi connectivity index (χ4n) is 1.75. The molecule has 94 valence electrons. The second-order valence-corrected chi connectivity index (χ2v) is 5.65. The standard InChI is InChI=1S/C14H14FNOS/c1-8-4-11(6-12(15)5-8)13(17)7-14-16-9(2)10(3)18-14/h4-6H,7H2,1-3H3. The predicted octanol–water partition coefficient (Wildman–Crippen LogP) is 3.63. The second-order valence-electron chi connectivity index (χ2n) is 4.37. The third kappa shape index (κ3) is 2.82. The molecule has 0 aliphatic rings. The van der Waals surface area contributed by atoms with E-state index in [1.807, 2.05) is 13.8 Å². The molecule has 0 aliphatic carbocycles. The first-order valence-corrected chi connectivity index (χ1v) is 6.50. The van der Waals surface area contributed by atoms with Crippen LogP contribution < -0.4 is 0 Å². The van der Waals surface area contributed by atoms with Gasteiger partial charge < -0.3 is 0 Å². The Morgan fingerprint density at radius 1 is 1.28 bits per heavy atom. The Morgan fingerprint density at radius 2 is 2.00 bits per heavy atom. The molecule has 2 aromatic rings. The van der Waals surface area contributed by atoms with E-state index in [4.69, 9.17) is 0 Å². The van der Waals surface area contributed by atoms with Gasteiger partial charge in [0.15, 0.2) is 5.78 Å². The first-order chi connectivity index (χ1) is 8.45. The monoisotopic (exact) mass is 263 g/mol. The van der Waals surface area contributed by atoms with Crippen molar-refractivity contribution < 1.29 is 9.18 Å². The van der Waals surface area contributed by atoms with Crippen LogP contribution in [0.15, 0.2) is 18.2 Å². The van der Waals surface area contributed by atoms with Gasteiger partial charge in [0.1, 0.15) is 10.8 Å². The predicted molar refractivity (Wildman–Crippen MR) is 70.8 cm³/mol. The summed E-state index contributed by atoms with van der Waals surface area (Å²) in [5.74, 6) is -0.462. The summed E-state index contributed by atoms with van der Waals surface area (Å²) < 4.78 is 13.2. The van der Waals surface area contributed by atoms with E-state index in [0.29, 0.717) is 5.56 Å². The molecular weight excluding hydrogens is 249 g/mol. The topological polar surface area (TPSA) is 30.0 Å². The number of carbonyl (C=O) groups is 1. The molecule has 0 N–H and O–H groups in total. The van der Waals surface area contributed by atoms with Crippen molar-refractivity contribution in [2.24, 2.45) is 0 Å². The molecule has 2 rings (SSSR count). The maximum atomic E-state index is 13.2. The Kier molecular flexibility index (Phi) is 3.57. The number of thiazole rings is 1. The maximum absolute atomic E-state index is 13.2. The number of aryl methyl sites for hydroxylation is 3. The summed E-state index contributed by atoms with van der Waals surface area (Å²) in [5, 5.41) is 0.789. The number of Topliss-reactive ketones (excluding diaryl/α,β-unsaturated/α-hetero) is 1. The first kappa shape index (κ1) is 12.9. The molecule has 0 fully saturated rings.